The van der Waals surface area contributed by atoms with Crippen LogP contribution in [0, 0.1) is 0 Å². The standard InChI is InChI=1S/C13H19N3O/c1-13(2,3)12-11(8-15-16-12)7-14-6-10-4-5-17-9-10/h4-5,8-9,14H,6-7H2,1-3H3,(H,15,16). The van der Waals surface area contributed by atoms with Gasteiger partial charge in [0.05, 0.1) is 18.7 Å². The minimum absolute atomic E-state index is 0.100. The van der Waals surface area contributed by atoms with Crippen molar-refractivity contribution in [2.75, 3.05) is 0 Å². The van der Waals surface area contributed by atoms with Crippen LogP contribution in [0.5, 0.6) is 0 Å². The highest BCUT2D eigenvalue weighted by atomic mass is 16.3. The molecule has 0 aliphatic heterocycles. The fourth-order valence-corrected chi connectivity index (χ4v) is 1.83. The molecule has 92 valence electrons. The van der Waals surface area contributed by atoms with Crippen LogP contribution in [0.1, 0.15) is 37.6 Å². The van der Waals surface area contributed by atoms with Gasteiger partial charge in [-0.15, -0.1) is 0 Å². The summed E-state index contributed by atoms with van der Waals surface area (Å²) in [6, 6.07) is 1.97. The maximum absolute atomic E-state index is 5.02. The van der Waals surface area contributed by atoms with Gasteiger partial charge in [-0.2, -0.15) is 5.10 Å². The summed E-state index contributed by atoms with van der Waals surface area (Å²) in [4.78, 5) is 0. The van der Waals surface area contributed by atoms with E-state index in [9.17, 15) is 0 Å². The molecule has 0 bridgehead atoms. The van der Waals surface area contributed by atoms with Gasteiger partial charge in [0.2, 0.25) is 0 Å². The molecule has 2 rings (SSSR count). The average Bonchev–Trinajstić information content (AvgIpc) is 2.86. The van der Waals surface area contributed by atoms with E-state index in [4.69, 9.17) is 4.42 Å². The third-order valence-electron chi connectivity index (χ3n) is 2.69. The molecule has 2 N–H and O–H groups in total. The van der Waals surface area contributed by atoms with Gasteiger partial charge in [-0.1, -0.05) is 20.8 Å². The second-order valence-electron chi connectivity index (χ2n) is 5.26. The molecule has 0 aromatic carbocycles. The Balaban J connectivity index is 1.93. The van der Waals surface area contributed by atoms with E-state index in [0.717, 1.165) is 18.7 Å². The lowest BCUT2D eigenvalue weighted by atomic mass is 9.89. The molecule has 0 radical (unpaired) electrons. The van der Waals surface area contributed by atoms with E-state index < -0.39 is 0 Å². The van der Waals surface area contributed by atoms with Crippen molar-refractivity contribution in [3.63, 3.8) is 0 Å². The molecule has 0 amide bonds. The zero-order valence-corrected chi connectivity index (χ0v) is 10.6. The van der Waals surface area contributed by atoms with Gasteiger partial charge in [-0.05, 0) is 6.07 Å². The van der Waals surface area contributed by atoms with Gasteiger partial charge in [-0.25, -0.2) is 0 Å². The minimum Gasteiger partial charge on any atom is -0.472 e. The zero-order chi connectivity index (χ0) is 12.3. The number of nitrogens with zero attached hydrogens (tertiary/aromatic N) is 1. The molecule has 4 nitrogen and oxygen atoms in total. The first-order valence-corrected chi connectivity index (χ1v) is 5.82. The Bertz CT molecular complexity index is 451. The summed E-state index contributed by atoms with van der Waals surface area (Å²) in [5.41, 5.74) is 3.67. The molecular formula is C13H19N3O. The fourth-order valence-electron chi connectivity index (χ4n) is 1.83. The lowest BCUT2D eigenvalue weighted by Crippen LogP contribution is -2.18. The van der Waals surface area contributed by atoms with E-state index in [1.54, 1.807) is 12.5 Å². The first kappa shape index (κ1) is 11.9. The molecule has 0 aliphatic carbocycles. The second-order valence-corrected chi connectivity index (χ2v) is 5.26. The molecule has 2 heterocycles. The number of hydrogen-bond acceptors (Lipinski definition) is 3. The van der Waals surface area contributed by atoms with Crippen LogP contribution in [0.25, 0.3) is 0 Å². The Kier molecular flexibility index (Phi) is 3.33. The van der Waals surface area contributed by atoms with E-state index in [-0.39, 0.29) is 5.41 Å². The lowest BCUT2D eigenvalue weighted by Gasteiger charge is -2.18. The molecule has 17 heavy (non-hydrogen) atoms. The summed E-state index contributed by atoms with van der Waals surface area (Å²) in [5, 5.41) is 10.6. The van der Waals surface area contributed by atoms with Crippen molar-refractivity contribution in [3.05, 3.63) is 41.6 Å². The van der Waals surface area contributed by atoms with Crippen LogP contribution in [0.15, 0.2) is 29.2 Å². The molecule has 0 spiro atoms. The van der Waals surface area contributed by atoms with Gasteiger partial charge in [0.1, 0.15) is 0 Å². The Hall–Kier alpha value is -1.55. The predicted octanol–water partition coefficient (Wildman–Crippen LogP) is 2.59. The maximum atomic E-state index is 5.02. The summed E-state index contributed by atoms with van der Waals surface area (Å²) in [6.45, 7) is 8.17. The Morgan fingerprint density at radius 3 is 2.82 bits per heavy atom. The summed E-state index contributed by atoms with van der Waals surface area (Å²) in [6.07, 6.45) is 5.34. The van der Waals surface area contributed by atoms with Gasteiger partial charge >= 0.3 is 0 Å². The van der Waals surface area contributed by atoms with Gasteiger partial charge in [0, 0.05) is 35.3 Å². The van der Waals surface area contributed by atoms with Crippen molar-refractivity contribution in [3.8, 4) is 0 Å². The highest BCUT2D eigenvalue weighted by Crippen LogP contribution is 2.23. The largest absolute Gasteiger partial charge is 0.472 e. The van der Waals surface area contributed by atoms with Gasteiger partial charge in [0.25, 0.3) is 0 Å². The monoisotopic (exact) mass is 233 g/mol. The van der Waals surface area contributed by atoms with Crippen molar-refractivity contribution in [1.29, 1.82) is 0 Å². The molecule has 0 aliphatic rings. The van der Waals surface area contributed by atoms with Crippen molar-refractivity contribution >= 4 is 0 Å². The van der Waals surface area contributed by atoms with Crippen molar-refractivity contribution in [2.24, 2.45) is 0 Å². The highest BCUT2D eigenvalue weighted by Gasteiger charge is 2.19. The second kappa shape index (κ2) is 4.75. The number of H-pyrrole nitrogens is 1. The molecule has 2 aromatic heterocycles. The third-order valence-corrected chi connectivity index (χ3v) is 2.69. The number of hydrogen-bond donors (Lipinski definition) is 2. The Morgan fingerprint density at radius 1 is 1.35 bits per heavy atom. The highest BCUT2D eigenvalue weighted by molar-refractivity contribution is 5.23. The molecule has 0 saturated carbocycles. The topological polar surface area (TPSA) is 53.9 Å². The lowest BCUT2D eigenvalue weighted by molar-refractivity contribution is 0.549. The minimum atomic E-state index is 0.100. The normalized spacial score (nSPS) is 11.9. The third kappa shape index (κ3) is 2.97. The molecule has 2 aromatic rings. The van der Waals surface area contributed by atoms with Gasteiger partial charge < -0.3 is 9.73 Å². The fraction of sp³-hybridized carbons (Fsp3) is 0.462. The summed E-state index contributed by atoms with van der Waals surface area (Å²) in [7, 11) is 0. The van der Waals surface area contributed by atoms with E-state index in [2.05, 4.69) is 36.3 Å². The predicted molar refractivity (Wildman–Crippen MR) is 66.5 cm³/mol. The molecule has 0 fully saturated rings. The number of aromatic nitrogens is 2. The number of nitrogens with one attached hydrogen (secondary N) is 2. The first-order valence-electron chi connectivity index (χ1n) is 5.82. The average molecular weight is 233 g/mol. The van der Waals surface area contributed by atoms with Crippen LogP contribution in [0.2, 0.25) is 0 Å². The van der Waals surface area contributed by atoms with Crippen LogP contribution in [0.3, 0.4) is 0 Å². The number of rotatable bonds is 4. The zero-order valence-electron chi connectivity index (χ0n) is 10.6. The van der Waals surface area contributed by atoms with Crippen LogP contribution in [-0.4, -0.2) is 10.2 Å². The molecule has 0 unspecified atom stereocenters. The van der Waals surface area contributed by atoms with Crippen molar-refractivity contribution < 1.29 is 4.42 Å². The summed E-state index contributed by atoms with van der Waals surface area (Å²) >= 11 is 0. The molecule has 0 atom stereocenters. The van der Waals surface area contributed by atoms with Gasteiger partial charge in [-0.3, -0.25) is 5.10 Å². The molecular weight excluding hydrogens is 214 g/mol. The van der Waals surface area contributed by atoms with E-state index in [1.807, 2.05) is 12.3 Å². The van der Waals surface area contributed by atoms with E-state index in [0.29, 0.717) is 0 Å². The Morgan fingerprint density at radius 2 is 2.18 bits per heavy atom. The number of furan rings is 1. The van der Waals surface area contributed by atoms with Crippen LogP contribution in [0.4, 0.5) is 0 Å². The van der Waals surface area contributed by atoms with E-state index in [1.165, 1.54) is 11.3 Å². The maximum Gasteiger partial charge on any atom is 0.0947 e. The van der Waals surface area contributed by atoms with Crippen LogP contribution >= 0.6 is 0 Å². The van der Waals surface area contributed by atoms with Crippen LogP contribution < -0.4 is 5.32 Å². The summed E-state index contributed by atoms with van der Waals surface area (Å²) < 4.78 is 5.02. The molecule has 0 saturated heterocycles. The van der Waals surface area contributed by atoms with Crippen molar-refractivity contribution in [2.45, 2.75) is 39.3 Å². The first-order chi connectivity index (χ1) is 8.07. The number of aromatic amines is 1. The smallest absolute Gasteiger partial charge is 0.0947 e. The summed E-state index contributed by atoms with van der Waals surface area (Å²) in [5.74, 6) is 0. The molecule has 4 heteroatoms. The van der Waals surface area contributed by atoms with E-state index >= 15 is 0 Å². The van der Waals surface area contributed by atoms with Crippen molar-refractivity contribution in [1.82, 2.24) is 15.5 Å². The quantitative estimate of drug-likeness (QED) is 0.853. The Labute approximate surface area is 101 Å². The van der Waals surface area contributed by atoms with Crippen LogP contribution in [-0.2, 0) is 18.5 Å². The van der Waals surface area contributed by atoms with Gasteiger partial charge in [0.15, 0.2) is 0 Å². The SMILES string of the molecule is CC(C)(C)c1[nH]ncc1CNCc1ccoc1.